The van der Waals surface area contributed by atoms with E-state index >= 15 is 0 Å². The second-order valence-corrected chi connectivity index (χ2v) is 10.1. The predicted molar refractivity (Wildman–Crippen MR) is 104 cm³/mol. The Balaban J connectivity index is 1.67. The van der Waals surface area contributed by atoms with E-state index in [4.69, 9.17) is 4.74 Å². The number of hydrogen-bond acceptors (Lipinski definition) is 4. The number of halogens is 1. The van der Waals surface area contributed by atoms with Gasteiger partial charge in [0.2, 0.25) is 0 Å². The molecular weight excluding hydrogens is 392 g/mol. The number of fused-ring (bicyclic) bond motifs is 3. The van der Waals surface area contributed by atoms with Crippen LogP contribution in [-0.2, 0) is 14.9 Å². The highest BCUT2D eigenvalue weighted by Gasteiger charge is 2.89. The highest BCUT2D eigenvalue weighted by molar-refractivity contribution is 9.09. The molecule has 4 heterocycles. The number of ether oxygens (including phenoxy) is 1. The topological polar surface area (TPSA) is 32.5 Å². The highest BCUT2D eigenvalue weighted by atomic mass is 79.9. The molecule has 1 saturated carbocycles. The number of anilines is 1. The third kappa shape index (κ3) is 1.36. The minimum atomic E-state index is -0.449. The summed E-state index contributed by atoms with van der Waals surface area (Å²) in [6.45, 7) is 4.61. The lowest BCUT2D eigenvalue weighted by atomic mass is 9.50. The van der Waals surface area contributed by atoms with Gasteiger partial charge in [-0.2, -0.15) is 0 Å². The van der Waals surface area contributed by atoms with Gasteiger partial charge in [0, 0.05) is 23.1 Å². The molecule has 0 radical (unpaired) electrons. The molecule has 1 aromatic rings. The number of hydrogen-bond donors (Lipinski definition) is 0. The third-order valence-electron chi connectivity index (χ3n) is 8.45. The van der Waals surface area contributed by atoms with Gasteiger partial charge < -0.3 is 9.64 Å². The first kappa shape index (κ1) is 15.9. The summed E-state index contributed by atoms with van der Waals surface area (Å²) in [7, 11) is 1.56. The molecule has 6 atom stereocenters. The lowest BCUT2D eigenvalue weighted by molar-refractivity contribution is -0.148. The Kier molecular flexibility index (Phi) is 2.86. The molecule has 0 aromatic heterocycles. The minimum Gasteiger partial charge on any atom is -0.467 e. The number of carbonyl (C=O) groups excluding carboxylic acids is 1. The first-order chi connectivity index (χ1) is 12.6. The number of nitrogens with zero attached hydrogens (tertiary/aromatic N) is 2. The van der Waals surface area contributed by atoms with Crippen molar-refractivity contribution in [3.05, 3.63) is 29.8 Å². The van der Waals surface area contributed by atoms with Crippen LogP contribution in [0.4, 0.5) is 5.69 Å². The van der Waals surface area contributed by atoms with E-state index < -0.39 is 5.54 Å². The van der Waals surface area contributed by atoms with Crippen molar-refractivity contribution < 1.29 is 9.53 Å². The molecule has 6 rings (SSSR count). The number of para-hydroxylation sites is 1. The number of alkyl halides is 1. The van der Waals surface area contributed by atoms with Crippen LogP contribution < -0.4 is 4.90 Å². The Bertz CT molecular complexity index is 830. The smallest absolute Gasteiger partial charge is 0.333 e. The molecule has 5 heteroatoms. The van der Waals surface area contributed by atoms with Gasteiger partial charge in [-0.15, -0.1) is 0 Å². The van der Waals surface area contributed by atoms with Crippen molar-refractivity contribution in [2.75, 3.05) is 25.1 Å². The Hall–Kier alpha value is -1.07. The molecule has 0 amide bonds. The van der Waals surface area contributed by atoms with Crippen LogP contribution in [0, 0.1) is 5.41 Å². The number of esters is 1. The Morgan fingerprint density at radius 3 is 2.92 bits per heavy atom. The van der Waals surface area contributed by atoms with E-state index in [1.165, 1.54) is 30.6 Å². The molecule has 0 unspecified atom stereocenters. The Labute approximate surface area is 163 Å². The SMILES string of the molecule is CC[C@]12CCCN3C[C@@H](Br)[C@@]4(c5ccccc5N5[C@H]4[C@]5(C(=O)OC)C1)[C@@H]32. The van der Waals surface area contributed by atoms with Gasteiger partial charge in [0.25, 0.3) is 0 Å². The van der Waals surface area contributed by atoms with Gasteiger partial charge in [0.05, 0.1) is 18.6 Å². The molecular formula is C21H25BrN2O2. The Morgan fingerprint density at radius 2 is 2.15 bits per heavy atom. The first-order valence-corrected chi connectivity index (χ1v) is 10.8. The van der Waals surface area contributed by atoms with Crippen molar-refractivity contribution in [1.29, 1.82) is 0 Å². The number of rotatable bonds is 2. The van der Waals surface area contributed by atoms with Crippen LogP contribution in [0.2, 0.25) is 0 Å². The van der Waals surface area contributed by atoms with Crippen LogP contribution in [0.25, 0.3) is 0 Å². The molecule has 1 aromatic carbocycles. The fourth-order valence-corrected chi connectivity index (χ4v) is 8.93. The van der Waals surface area contributed by atoms with Crippen LogP contribution in [-0.4, -0.2) is 53.5 Å². The number of carbonyl (C=O) groups is 1. The van der Waals surface area contributed by atoms with Crippen LogP contribution in [0.1, 0.15) is 38.2 Å². The van der Waals surface area contributed by atoms with Gasteiger partial charge in [0.15, 0.2) is 5.54 Å². The van der Waals surface area contributed by atoms with Gasteiger partial charge in [-0.05, 0) is 49.3 Å². The lowest BCUT2D eigenvalue weighted by Crippen LogP contribution is -2.66. The van der Waals surface area contributed by atoms with Crippen molar-refractivity contribution in [2.45, 2.75) is 60.5 Å². The lowest BCUT2D eigenvalue weighted by Gasteiger charge is -2.57. The summed E-state index contributed by atoms with van der Waals surface area (Å²) in [5.41, 5.74) is 2.48. The van der Waals surface area contributed by atoms with Crippen LogP contribution in [0.3, 0.4) is 0 Å². The van der Waals surface area contributed by atoms with Crippen molar-refractivity contribution in [3.8, 4) is 0 Å². The maximum Gasteiger partial charge on any atom is 0.333 e. The van der Waals surface area contributed by atoms with E-state index in [1.54, 1.807) is 7.11 Å². The number of piperidine rings is 1. The fourth-order valence-electron chi connectivity index (χ4n) is 7.81. The fraction of sp³-hybridized carbons (Fsp3) is 0.667. The molecule has 4 fully saturated rings. The highest BCUT2D eigenvalue weighted by Crippen LogP contribution is 2.77. The largest absolute Gasteiger partial charge is 0.467 e. The van der Waals surface area contributed by atoms with E-state index in [-0.39, 0.29) is 22.8 Å². The van der Waals surface area contributed by atoms with Gasteiger partial charge in [0.1, 0.15) is 0 Å². The number of benzene rings is 1. The second-order valence-electron chi connectivity index (χ2n) is 9.00. The third-order valence-corrected chi connectivity index (χ3v) is 9.50. The van der Waals surface area contributed by atoms with E-state index in [2.05, 4.69) is 56.9 Å². The summed E-state index contributed by atoms with van der Waals surface area (Å²) < 4.78 is 5.40. The predicted octanol–water partition coefficient (Wildman–Crippen LogP) is 3.08. The molecule has 0 bridgehead atoms. The van der Waals surface area contributed by atoms with Gasteiger partial charge >= 0.3 is 5.97 Å². The zero-order valence-electron chi connectivity index (χ0n) is 15.4. The monoisotopic (exact) mass is 416 g/mol. The molecule has 1 aliphatic carbocycles. The van der Waals surface area contributed by atoms with E-state index in [1.807, 2.05) is 0 Å². The van der Waals surface area contributed by atoms with Crippen LogP contribution in [0.15, 0.2) is 24.3 Å². The Morgan fingerprint density at radius 1 is 1.35 bits per heavy atom. The van der Waals surface area contributed by atoms with Crippen molar-refractivity contribution in [2.24, 2.45) is 5.41 Å². The van der Waals surface area contributed by atoms with Gasteiger partial charge in [-0.3, -0.25) is 4.90 Å². The van der Waals surface area contributed by atoms with Crippen LogP contribution in [0.5, 0.6) is 0 Å². The maximum atomic E-state index is 13.1. The normalized spacial score (nSPS) is 47.2. The average Bonchev–Trinajstić information content (AvgIpc) is 3.09. The number of methoxy groups -OCH3 is 1. The van der Waals surface area contributed by atoms with Crippen LogP contribution >= 0.6 is 15.9 Å². The zero-order chi connectivity index (χ0) is 17.9. The summed E-state index contributed by atoms with van der Waals surface area (Å²) >= 11 is 4.13. The van der Waals surface area contributed by atoms with Gasteiger partial charge in [-0.25, -0.2) is 4.79 Å². The van der Waals surface area contributed by atoms with E-state index in [0.717, 1.165) is 19.4 Å². The summed E-state index contributed by atoms with van der Waals surface area (Å²) in [6, 6.07) is 9.59. The van der Waals surface area contributed by atoms with Crippen molar-refractivity contribution in [3.63, 3.8) is 0 Å². The van der Waals surface area contributed by atoms with E-state index in [0.29, 0.717) is 10.9 Å². The quantitative estimate of drug-likeness (QED) is 0.421. The molecule has 0 N–H and O–H groups in total. The molecule has 4 nitrogen and oxygen atoms in total. The standard InChI is InChI=1S/C21H25BrN2O2/c1-3-19-9-6-10-23-11-15(22)21(16(19)23)13-7-4-5-8-14(13)24-17(21)20(24,12-19)18(25)26-2/h4-5,7-8,15-17H,3,6,9-12H2,1-2H3/t15-,16+,17+,19+,20+,21+,24?/m1/s1. The molecule has 26 heavy (non-hydrogen) atoms. The zero-order valence-corrected chi connectivity index (χ0v) is 17.0. The summed E-state index contributed by atoms with van der Waals surface area (Å²) in [4.78, 5) is 18.7. The molecule has 138 valence electrons. The maximum absolute atomic E-state index is 13.1. The van der Waals surface area contributed by atoms with E-state index in [9.17, 15) is 4.79 Å². The summed E-state index contributed by atoms with van der Waals surface area (Å²) in [5, 5.41) is 0. The molecule has 3 saturated heterocycles. The average molecular weight is 417 g/mol. The molecule has 4 aliphatic heterocycles. The minimum absolute atomic E-state index is 0.000532. The summed E-state index contributed by atoms with van der Waals surface area (Å²) in [6.07, 6.45) is 4.55. The van der Waals surface area contributed by atoms with Crippen molar-refractivity contribution in [1.82, 2.24) is 4.90 Å². The molecule has 1 spiro atoms. The second kappa shape index (κ2) is 4.67. The summed E-state index contributed by atoms with van der Waals surface area (Å²) in [5.74, 6) is -0.0219. The molecule has 5 aliphatic rings. The first-order valence-electron chi connectivity index (χ1n) is 9.93. The van der Waals surface area contributed by atoms with Gasteiger partial charge in [-0.1, -0.05) is 41.1 Å². The van der Waals surface area contributed by atoms with Crippen molar-refractivity contribution >= 4 is 27.6 Å².